The summed E-state index contributed by atoms with van der Waals surface area (Å²) < 4.78 is 0. The van der Waals surface area contributed by atoms with Crippen LogP contribution in [0.3, 0.4) is 0 Å². The Balaban J connectivity index is 1.48. The van der Waals surface area contributed by atoms with Crippen molar-refractivity contribution >= 4 is 28.6 Å². The summed E-state index contributed by atoms with van der Waals surface area (Å²) in [5.74, 6) is 0.0745. The predicted molar refractivity (Wildman–Crippen MR) is 102 cm³/mol. The van der Waals surface area contributed by atoms with Crippen LogP contribution in [0.1, 0.15) is 18.9 Å². The van der Waals surface area contributed by atoms with Crippen LogP contribution in [0.4, 0.5) is 11.4 Å². The number of nitrogens with zero attached hydrogens (tertiary/aromatic N) is 2. The third-order valence-electron chi connectivity index (χ3n) is 4.56. The lowest BCUT2D eigenvalue weighted by Gasteiger charge is -2.35. The third-order valence-corrected chi connectivity index (χ3v) is 5.29. The fourth-order valence-corrected chi connectivity index (χ4v) is 3.70. The molecule has 2 aromatic rings. The smallest absolute Gasteiger partial charge is 0.224 e. The van der Waals surface area contributed by atoms with Gasteiger partial charge in [-0.15, -0.1) is 0 Å². The van der Waals surface area contributed by atoms with E-state index in [0.717, 1.165) is 44.8 Å². The minimum absolute atomic E-state index is 0.0745. The fraction of sp³-hybridized carbons (Fsp3) is 0.421. The number of aryl methyl sites for hydroxylation is 1. The number of likely N-dealkylation sites (N-methyl/N-ethyl adjacent to an activating group) is 1. The molecule has 1 aromatic heterocycles. The Kier molecular flexibility index (Phi) is 5.88. The highest BCUT2D eigenvalue weighted by Gasteiger charge is 2.15. The van der Waals surface area contributed by atoms with Gasteiger partial charge in [0.15, 0.2) is 0 Å². The zero-order valence-electron chi connectivity index (χ0n) is 14.2. The van der Waals surface area contributed by atoms with Gasteiger partial charge >= 0.3 is 0 Å². The molecule has 0 spiro atoms. The molecule has 1 saturated heterocycles. The molecule has 128 valence electrons. The zero-order chi connectivity index (χ0) is 16.8. The quantitative estimate of drug-likeness (QED) is 0.872. The van der Waals surface area contributed by atoms with E-state index in [1.165, 1.54) is 11.3 Å². The van der Waals surface area contributed by atoms with Gasteiger partial charge in [0.05, 0.1) is 0 Å². The van der Waals surface area contributed by atoms with Gasteiger partial charge in [-0.05, 0) is 59.6 Å². The second-order valence-electron chi connectivity index (χ2n) is 6.15. The van der Waals surface area contributed by atoms with Crippen LogP contribution in [0, 0.1) is 0 Å². The standard InChI is InChI=1S/C19H25N3OS/c1-2-21-10-12-22(13-11-21)18-6-4-17(5-7-18)20-19(23)8-3-16-9-14-24-15-16/h4-7,9,14-15H,2-3,8,10-13H2,1H3,(H,20,23). The first-order valence-corrected chi connectivity index (χ1v) is 9.57. The van der Waals surface area contributed by atoms with Crippen molar-refractivity contribution in [3.05, 3.63) is 46.7 Å². The van der Waals surface area contributed by atoms with Crippen molar-refractivity contribution in [1.29, 1.82) is 0 Å². The number of nitrogens with one attached hydrogen (secondary N) is 1. The Morgan fingerprint density at radius 3 is 2.50 bits per heavy atom. The van der Waals surface area contributed by atoms with Crippen molar-refractivity contribution in [2.75, 3.05) is 42.9 Å². The van der Waals surface area contributed by atoms with Gasteiger partial charge in [0.2, 0.25) is 5.91 Å². The number of anilines is 2. The molecular formula is C19H25N3OS. The van der Waals surface area contributed by atoms with Crippen LogP contribution in [-0.2, 0) is 11.2 Å². The Morgan fingerprint density at radius 2 is 1.88 bits per heavy atom. The largest absolute Gasteiger partial charge is 0.369 e. The van der Waals surface area contributed by atoms with Crippen LogP contribution in [0.5, 0.6) is 0 Å². The number of rotatable bonds is 6. The molecule has 0 aliphatic carbocycles. The van der Waals surface area contributed by atoms with Crippen molar-refractivity contribution in [3.63, 3.8) is 0 Å². The van der Waals surface area contributed by atoms with Crippen molar-refractivity contribution in [1.82, 2.24) is 4.90 Å². The lowest BCUT2D eigenvalue weighted by molar-refractivity contribution is -0.116. The molecule has 24 heavy (non-hydrogen) atoms. The summed E-state index contributed by atoms with van der Waals surface area (Å²) in [5, 5.41) is 7.13. The minimum atomic E-state index is 0.0745. The lowest BCUT2D eigenvalue weighted by Crippen LogP contribution is -2.46. The highest BCUT2D eigenvalue weighted by atomic mass is 32.1. The Morgan fingerprint density at radius 1 is 1.12 bits per heavy atom. The molecule has 0 unspecified atom stereocenters. The molecule has 1 aliphatic heterocycles. The second kappa shape index (κ2) is 8.31. The maximum Gasteiger partial charge on any atom is 0.224 e. The van der Waals surface area contributed by atoms with Crippen molar-refractivity contribution in [2.24, 2.45) is 0 Å². The molecule has 0 saturated carbocycles. The van der Waals surface area contributed by atoms with Gasteiger partial charge in [0.1, 0.15) is 0 Å². The average molecular weight is 343 g/mol. The number of hydrogen-bond donors (Lipinski definition) is 1. The number of amides is 1. The lowest BCUT2D eigenvalue weighted by atomic mass is 10.2. The van der Waals surface area contributed by atoms with E-state index in [0.29, 0.717) is 6.42 Å². The number of hydrogen-bond acceptors (Lipinski definition) is 4. The molecule has 3 rings (SSSR count). The molecule has 1 aromatic carbocycles. The van der Waals surface area contributed by atoms with Crippen LogP contribution in [0.2, 0.25) is 0 Å². The maximum atomic E-state index is 12.0. The number of benzene rings is 1. The first kappa shape index (κ1) is 17.0. The van der Waals surface area contributed by atoms with Crippen molar-refractivity contribution < 1.29 is 4.79 Å². The second-order valence-corrected chi connectivity index (χ2v) is 6.93. The van der Waals surface area contributed by atoms with Crippen molar-refractivity contribution in [2.45, 2.75) is 19.8 Å². The first-order valence-electron chi connectivity index (χ1n) is 8.63. The van der Waals surface area contributed by atoms with Crippen LogP contribution >= 0.6 is 11.3 Å². The van der Waals surface area contributed by atoms with Gasteiger partial charge in [-0.1, -0.05) is 6.92 Å². The first-order chi connectivity index (χ1) is 11.7. The van der Waals surface area contributed by atoms with Crippen molar-refractivity contribution in [3.8, 4) is 0 Å². The molecule has 1 N–H and O–H groups in total. The SMILES string of the molecule is CCN1CCN(c2ccc(NC(=O)CCc3ccsc3)cc2)CC1. The maximum absolute atomic E-state index is 12.0. The number of thiophene rings is 1. The van der Waals surface area contributed by atoms with Crippen LogP contribution in [-0.4, -0.2) is 43.5 Å². The molecule has 4 nitrogen and oxygen atoms in total. The van der Waals surface area contributed by atoms with Gasteiger partial charge in [0.25, 0.3) is 0 Å². The molecule has 1 fully saturated rings. The van der Waals surface area contributed by atoms with E-state index < -0.39 is 0 Å². The van der Waals surface area contributed by atoms with E-state index in [-0.39, 0.29) is 5.91 Å². The molecule has 1 amide bonds. The van der Waals surface area contributed by atoms with E-state index in [2.05, 4.69) is 45.6 Å². The average Bonchev–Trinajstić information content (AvgIpc) is 3.14. The van der Waals surface area contributed by atoms with E-state index in [1.54, 1.807) is 11.3 Å². The van der Waals surface area contributed by atoms with Crippen LogP contribution in [0.25, 0.3) is 0 Å². The topological polar surface area (TPSA) is 35.6 Å². The molecule has 5 heteroatoms. The minimum Gasteiger partial charge on any atom is -0.369 e. The summed E-state index contributed by atoms with van der Waals surface area (Å²) in [6, 6.07) is 10.3. The van der Waals surface area contributed by atoms with Gasteiger partial charge in [-0.3, -0.25) is 4.79 Å². The predicted octanol–water partition coefficient (Wildman–Crippen LogP) is 3.46. The molecule has 1 aliphatic rings. The van der Waals surface area contributed by atoms with Crippen LogP contribution in [0.15, 0.2) is 41.1 Å². The number of piperazine rings is 1. The van der Waals surface area contributed by atoms with Gasteiger partial charge in [-0.25, -0.2) is 0 Å². The third kappa shape index (κ3) is 4.58. The van der Waals surface area contributed by atoms with Crippen LogP contribution < -0.4 is 10.2 Å². The van der Waals surface area contributed by atoms with Gasteiger partial charge in [-0.2, -0.15) is 11.3 Å². The monoisotopic (exact) mass is 343 g/mol. The van der Waals surface area contributed by atoms with E-state index >= 15 is 0 Å². The molecule has 2 heterocycles. The fourth-order valence-electron chi connectivity index (χ4n) is 2.99. The Bertz CT molecular complexity index is 631. The highest BCUT2D eigenvalue weighted by molar-refractivity contribution is 7.07. The summed E-state index contributed by atoms with van der Waals surface area (Å²) in [6.45, 7) is 7.73. The number of carbonyl (C=O) groups is 1. The van der Waals surface area contributed by atoms with E-state index in [1.807, 2.05) is 17.5 Å². The van der Waals surface area contributed by atoms with Gasteiger partial charge in [0, 0.05) is 44.0 Å². The summed E-state index contributed by atoms with van der Waals surface area (Å²) >= 11 is 1.67. The molecule has 0 radical (unpaired) electrons. The summed E-state index contributed by atoms with van der Waals surface area (Å²) in [6.07, 6.45) is 1.33. The summed E-state index contributed by atoms with van der Waals surface area (Å²) in [4.78, 5) is 16.9. The molecular weight excluding hydrogens is 318 g/mol. The Hall–Kier alpha value is -1.85. The highest BCUT2D eigenvalue weighted by Crippen LogP contribution is 2.20. The Labute approximate surface area is 148 Å². The van der Waals surface area contributed by atoms with E-state index in [9.17, 15) is 4.79 Å². The zero-order valence-corrected chi connectivity index (χ0v) is 15.0. The van der Waals surface area contributed by atoms with E-state index in [4.69, 9.17) is 0 Å². The molecule has 0 atom stereocenters. The summed E-state index contributed by atoms with van der Waals surface area (Å²) in [5.41, 5.74) is 3.35. The summed E-state index contributed by atoms with van der Waals surface area (Å²) in [7, 11) is 0. The number of carbonyl (C=O) groups excluding carboxylic acids is 1. The van der Waals surface area contributed by atoms with Gasteiger partial charge < -0.3 is 15.1 Å². The normalized spacial score (nSPS) is 15.5. The molecule has 0 bridgehead atoms.